The van der Waals surface area contributed by atoms with Gasteiger partial charge in [-0.2, -0.15) is 0 Å². The molecule has 1 aromatic carbocycles. The Hall–Kier alpha value is -1.66. The minimum atomic E-state index is -0.418. The maximum Gasteiger partial charge on any atom is 0.234 e. The molecule has 0 spiro atoms. The second-order valence-corrected chi connectivity index (χ2v) is 5.47. The van der Waals surface area contributed by atoms with Gasteiger partial charge >= 0.3 is 0 Å². The van der Waals surface area contributed by atoms with Crippen LogP contribution in [0.3, 0.4) is 0 Å². The highest BCUT2D eigenvalue weighted by Gasteiger charge is 2.19. The lowest BCUT2D eigenvalue weighted by Crippen LogP contribution is -2.36. The molecular weight excluding hydrogens is 286 g/mol. The monoisotopic (exact) mass is 307 g/mol. The van der Waals surface area contributed by atoms with E-state index in [9.17, 15) is 4.79 Å². The highest BCUT2D eigenvalue weighted by Crippen LogP contribution is 2.19. The van der Waals surface area contributed by atoms with Gasteiger partial charge in [-0.3, -0.25) is 4.79 Å². The summed E-state index contributed by atoms with van der Waals surface area (Å²) >= 11 is 4.91. The number of hydrogen-bond donors (Lipinski definition) is 2. The number of carbonyl (C=O) groups is 1. The maximum atomic E-state index is 12.1. The summed E-state index contributed by atoms with van der Waals surface area (Å²) in [5.41, 5.74) is 7.47. The molecule has 0 aromatic heterocycles. The molecule has 6 heteroatoms. The van der Waals surface area contributed by atoms with Gasteiger partial charge in [-0.05, 0) is 30.7 Å². The highest BCUT2D eigenvalue weighted by atomic mass is 32.1. The van der Waals surface area contributed by atoms with Crippen LogP contribution >= 0.6 is 12.2 Å². The van der Waals surface area contributed by atoms with E-state index in [0.717, 1.165) is 37.7 Å². The van der Waals surface area contributed by atoms with Crippen molar-refractivity contribution >= 4 is 34.5 Å². The van der Waals surface area contributed by atoms with Crippen LogP contribution < -0.4 is 16.0 Å². The summed E-state index contributed by atoms with van der Waals surface area (Å²) in [5, 5.41) is 2.85. The van der Waals surface area contributed by atoms with Gasteiger partial charge in [0, 0.05) is 24.5 Å². The van der Waals surface area contributed by atoms with Crippen molar-refractivity contribution < 1.29 is 9.53 Å². The minimum Gasteiger partial charge on any atom is -0.393 e. The summed E-state index contributed by atoms with van der Waals surface area (Å²) < 4.78 is 5.34. The van der Waals surface area contributed by atoms with Crippen LogP contribution in [-0.4, -0.2) is 37.2 Å². The molecule has 5 nitrogen and oxygen atoms in total. The first kappa shape index (κ1) is 15.7. The van der Waals surface area contributed by atoms with Gasteiger partial charge in [0.25, 0.3) is 0 Å². The molecule has 1 amide bonds. The second kappa shape index (κ2) is 7.38. The molecule has 0 aliphatic carbocycles. The second-order valence-electron chi connectivity index (χ2n) is 5.00. The molecule has 0 bridgehead atoms. The molecule has 1 aromatic rings. The van der Waals surface area contributed by atoms with E-state index in [0.29, 0.717) is 6.42 Å². The van der Waals surface area contributed by atoms with Crippen molar-refractivity contribution in [3.63, 3.8) is 0 Å². The Morgan fingerprint density at radius 2 is 2.00 bits per heavy atom. The fraction of sp³-hybridized carbons (Fsp3) is 0.467. The number of hydrogen-bond acceptors (Lipinski definition) is 4. The summed E-state index contributed by atoms with van der Waals surface area (Å²) in [6.07, 6.45) is 0.604. The summed E-state index contributed by atoms with van der Waals surface area (Å²) in [5.74, 6) is -0.567. The highest BCUT2D eigenvalue weighted by molar-refractivity contribution is 7.80. The molecule has 2 rings (SSSR count). The molecule has 114 valence electrons. The van der Waals surface area contributed by atoms with Crippen LogP contribution in [0, 0.1) is 5.92 Å². The Balaban J connectivity index is 1.98. The number of nitrogens with two attached hydrogens (primary N) is 1. The molecule has 1 atom stereocenters. The predicted octanol–water partition coefficient (Wildman–Crippen LogP) is 1.77. The molecule has 21 heavy (non-hydrogen) atoms. The summed E-state index contributed by atoms with van der Waals surface area (Å²) in [6.45, 7) is 5.19. The van der Waals surface area contributed by atoms with Gasteiger partial charge < -0.3 is 20.7 Å². The summed E-state index contributed by atoms with van der Waals surface area (Å²) in [7, 11) is 0. The number of benzene rings is 1. The maximum absolute atomic E-state index is 12.1. The molecule has 0 saturated carbocycles. The number of rotatable bonds is 5. The predicted molar refractivity (Wildman–Crippen MR) is 88.7 cm³/mol. The van der Waals surface area contributed by atoms with Crippen molar-refractivity contribution in [2.24, 2.45) is 11.7 Å². The van der Waals surface area contributed by atoms with E-state index < -0.39 is 5.92 Å². The van der Waals surface area contributed by atoms with Gasteiger partial charge in [-0.25, -0.2) is 0 Å². The van der Waals surface area contributed by atoms with Crippen LogP contribution in [0.5, 0.6) is 0 Å². The molecule has 1 heterocycles. The zero-order valence-electron chi connectivity index (χ0n) is 12.2. The van der Waals surface area contributed by atoms with E-state index in [1.807, 2.05) is 31.2 Å². The van der Waals surface area contributed by atoms with Gasteiger partial charge in [0.15, 0.2) is 0 Å². The summed E-state index contributed by atoms with van der Waals surface area (Å²) in [6, 6.07) is 7.80. The number of thiocarbonyl (C=S) groups is 1. The Morgan fingerprint density at radius 3 is 2.52 bits per heavy atom. The zero-order valence-corrected chi connectivity index (χ0v) is 13.0. The lowest BCUT2D eigenvalue weighted by atomic mass is 10.1. The third-order valence-electron chi connectivity index (χ3n) is 3.58. The molecule has 1 fully saturated rings. The van der Waals surface area contributed by atoms with Crippen LogP contribution in [0.4, 0.5) is 11.4 Å². The van der Waals surface area contributed by atoms with Crippen molar-refractivity contribution in [2.45, 2.75) is 13.3 Å². The van der Waals surface area contributed by atoms with Crippen molar-refractivity contribution in [3.05, 3.63) is 24.3 Å². The zero-order chi connectivity index (χ0) is 15.2. The number of nitrogens with zero attached hydrogens (tertiary/aromatic N) is 1. The first-order valence-electron chi connectivity index (χ1n) is 7.14. The number of nitrogens with one attached hydrogen (secondary N) is 1. The number of amides is 1. The van der Waals surface area contributed by atoms with E-state index >= 15 is 0 Å². The number of anilines is 2. The molecule has 1 unspecified atom stereocenters. The minimum absolute atomic E-state index is 0.149. The Bertz CT molecular complexity index is 498. The van der Waals surface area contributed by atoms with E-state index in [1.165, 1.54) is 0 Å². The fourth-order valence-corrected chi connectivity index (χ4v) is 2.60. The number of carbonyl (C=O) groups excluding carboxylic acids is 1. The van der Waals surface area contributed by atoms with E-state index in [4.69, 9.17) is 22.7 Å². The fourth-order valence-electron chi connectivity index (χ4n) is 2.32. The normalized spacial score (nSPS) is 16.3. The van der Waals surface area contributed by atoms with Gasteiger partial charge in [0.1, 0.15) is 0 Å². The molecule has 3 N–H and O–H groups in total. The van der Waals surface area contributed by atoms with Crippen LogP contribution in [0.25, 0.3) is 0 Å². The molecule has 1 aliphatic rings. The summed E-state index contributed by atoms with van der Waals surface area (Å²) in [4.78, 5) is 14.6. The van der Waals surface area contributed by atoms with Gasteiger partial charge in [-0.15, -0.1) is 0 Å². The molecule has 1 saturated heterocycles. The van der Waals surface area contributed by atoms with Gasteiger partial charge in [0.05, 0.1) is 24.1 Å². The van der Waals surface area contributed by atoms with Crippen LogP contribution in [0.2, 0.25) is 0 Å². The van der Waals surface area contributed by atoms with E-state index in [1.54, 1.807) is 0 Å². The van der Waals surface area contributed by atoms with Crippen LogP contribution in [-0.2, 0) is 9.53 Å². The average molecular weight is 307 g/mol. The quantitative estimate of drug-likeness (QED) is 0.812. The van der Waals surface area contributed by atoms with Crippen molar-refractivity contribution in [2.75, 3.05) is 36.5 Å². The lowest BCUT2D eigenvalue weighted by molar-refractivity contribution is -0.118. The standard InChI is InChI=1S/C15H21N3O2S/c1-2-13(14(16)21)15(19)17-11-3-5-12(6-4-11)18-7-9-20-10-8-18/h3-6,13H,2,7-10H2,1H3,(H2,16,21)(H,17,19). The smallest absolute Gasteiger partial charge is 0.234 e. The topological polar surface area (TPSA) is 67.6 Å². The van der Waals surface area contributed by atoms with Crippen molar-refractivity contribution in [1.29, 1.82) is 0 Å². The average Bonchev–Trinajstić information content (AvgIpc) is 2.49. The molecule has 1 aliphatic heterocycles. The third-order valence-corrected chi connectivity index (χ3v) is 3.86. The van der Waals surface area contributed by atoms with Crippen LogP contribution in [0.1, 0.15) is 13.3 Å². The SMILES string of the molecule is CCC(C(=O)Nc1ccc(N2CCOCC2)cc1)C(N)=S. The van der Waals surface area contributed by atoms with Gasteiger partial charge in [0.2, 0.25) is 5.91 Å². The largest absolute Gasteiger partial charge is 0.393 e. The van der Waals surface area contributed by atoms with E-state index in [-0.39, 0.29) is 10.9 Å². The van der Waals surface area contributed by atoms with Crippen molar-refractivity contribution in [3.8, 4) is 0 Å². The van der Waals surface area contributed by atoms with E-state index in [2.05, 4.69) is 10.2 Å². The van der Waals surface area contributed by atoms with Crippen molar-refractivity contribution in [1.82, 2.24) is 0 Å². The first-order valence-corrected chi connectivity index (χ1v) is 7.55. The first-order chi connectivity index (χ1) is 10.1. The van der Waals surface area contributed by atoms with Gasteiger partial charge in [-0.1, -0.05) is 19.1 Å². The number of ether oxygens (including phenoxy) is 1. The molecule has 0 radical (unpaired) electrons. The molecular formula is C15H21N3O2S. The Kier molecular flexibility index (Phi) is 5.52. The Morgan fingerprint density at radius 1 is 1.38 bits per heavy atom. The number of morpholine rings is 1. The Labute approximate surface area is 130 Å². The third kappa shape index (κ3) is 4.15. The van der Waals surface area contributed by atoms with Crippen LogP contribution in [0.15, 0.2) is 24.3 Å². The lowest BCUT2D eigenvalue weighted by Gasteiger charge is -2.29.